The highest BCUT2D eigenvalue weighted by Gasteiger charge is 2.05. The molecule has 2 rings (SSSR count). The predicted molar refractivity (Wildman–Crippen MR) is 66.7 cm³/mol. The van der Waals surface area contributed by atoms with Crippen molar-refractivity contribution in [3.05, 3.63) is 28.1 Å². The molecule has 0 atom stereocenters. The Hall–Kier alpha value is 0.300. The topological polar surface area (TPSA) is 0 Å². The maximum atomic E-state index is 5.94. The summed E-state index contributed by atoms with van der Waals surface area (Å²) >= 11 is 15.3. The van der Waals surface area contributed by atoms with E-state index in [2.05, 4.69) is 34.6 Å². The number of halogens is 2. The van der Waals surface area contributed by atoms with E-state index >= 15 is 0 Å². The van der Waals surface area contributed by atoms with Crippen LogP contribution in [-0.2, 0) is 5.33 Å². The third kappa shape index (κ3) is 1.89. The number of fused-ring (bicyclic) bond motifs is 1. The van der Waals surface area contributed by atoms with Crippen LogP contribution in [0, 0.1) is 0 Å². The lowest BCUT2D eigenvalue weighted by molar-refractivity contribution is 1.41. The van der Waals surface area contributed by atoms with Gasteiger partial charge in [0.25, 0.3) is 0 Å². The molecular formula is C9H6BrClS2. The first-order valence-corrected chi connectivity index (χ1v) is 6.44. The summed E-state index contributed by atoms with van der Waals surface area (Å²) in [5.41, 5.74) is 1.24. The number of rotatable bonds is 1. The molecule has 68 valence electrons. The lowest BCUT2D eigenvalue weighted by Crippen LogP contribution is -1.78. The molecule has 0 fully saturated rings. The van der Waals surface area contributed by atoms with Crippen molar-refractivity contribution in [3.63, 3.8) is 0 Å². The van der Waals surface area contributed by atoms with Crippen LogP contribution in [0.2, 0.25) is 4.34 Å². The van der Waals surface area contributed by atoms with Crippen molar-refractivity contribution in [2.24, 2.45) is 0 Å². The normalized spacial score (nSPS) is 11.0. The minimum absolute atomic E-state index is 0.830. The number of hydrogen-bond donors (Lipinski definition) is 1. The molecule has 0 N–H and O–H groups in total. The smallest absolute Gasteiger partial charge is 0.0940 e. The lowest BCUT2D eigenvalue weighted by atomic mass is 10.1. The highest BCUT2D eigenvalue weighted by atomic mass is 79.9. The molecule has 0 bridgehead atoms. The zero-order valence-electron chi connectivity index (χ0n) is 6.55. The van der Waals surface area contributed by atoms with Crippen LogP contribution >= 0.6 is 51.5 Å². The molecule has 13 heavy (non-hydrogen) atoms. The van der Waals surface area contributed by atoms with Crippen LogP contribution in [-0.4, -0.2) is 0 Å². The first kappa shape index (κ1) is 9.84. The highest BCUT2D eigenvalue weighted by Crippen LogP contribution is 2.34. The van der Waals surface area contributed by atoms with Gasteiger partial charge in [0, 0.05) is 14.9 Å². The monoisotopic (exact) mass is 292 g/mol. The summed E-state index contributed by atoms with van der Waals surface area (Å²) in [4.78, 5) is 0.987. The van der Waals surface area contributed by atoms with E-state index in [1.165, 1.54) is 15.6 Å². The van der Waals surface area contributed by atoms with Gasteiger partial charge in [-0.25, -0.2) is 0 Å². The Kier molecular flexibility index (Phi) is 2.88. The van der Waals surface area contributed by atoms with E-state index < -0.39 is 0 Å². The summed E-state index contributed by atoms with van der Waals surface area (Å²) in [5.74, 6) is 0. The minimum Gasteiger partial charge on any atom is -0.143 e. The van der Waals surface area contributed by atoms with Crippen LogP contribution in [0.1, 0.15) is 5.56 Å². The van der Waals surface area contributed by atoms with Crippen molar-refractivity contribution in [1.29, 1.82) is 0 Å². The fourth-order valence-electron chi connectivity index (χ4n) is 1.28. The van der Waals surface area contributed by atoms with Gasteiger partial charge >= 0.3 is 0 Å². The van der Waals surface area contributed by atoms with Gasteiger partial charge in [-0.15, -0.1) is 24.0 Å². The van der Waals surface area contributed by atoms with Gasteiger partial charge in [-0.1, -0.05) is 27.5 Å². The van der Waals surface area contributed by atoms with Crippen molar-refractivity contribution in [3.8, 4) is 0 Å². The van der Waals surface area contributed by atoms with Crippen LogP contribution < -0.4 is 0 Å². The van der Waals surface area contributed by atoms with Gasteiger partial charge in [0.15, 0.2) is 0 Å². The number of benzene rings is 1. The molecule has 1 aromatic heterocycles. The lowest BCUT2D eigenvalue weighted by Gasteiger charge is -1.99. The molecular weight excluding hydrogens is 288 g/mol. The third-order valence-corrected chi connectivity index (χ3v) is 3.90. The van der Waals surface area contributed by atoms with E-state index in [1.54, 1.807) is 11.3 Å². The van der Waals surface area contributed by atoms with Gasteiger partial charge < -0.3 is 0 Å². The Morgan fingerprint density at radius 3 is 2.85 bits per heavy atom. The van der Waals surface area contributed by atoms with Crippen molar-refractivity contribution in [2.75, 3.05) is 0 Å². The molecule has 4 heteroatoms. The van der Waals surface area contributed by atoms with Crippen LogP contribution in [0.25, 0.3) is 10.1 Å². The van der Waals surface area contributed by atoms with Crippen molar-refractivity contribution in [1.82, 2.24) is 0 Å². The minimum atomic E-state index is 0.830. The van der Waals surface area contributed by atoms with E-state index in [9.17, 15) is 0 Å². The Bertz CT molecular complexity index is 450. The molecule has 1 heterocycles. The summed E-state index contributed by atoms with van der Waals surface area (Å²) in [6, 6.07) is 6.11. The summed E-state index contributed by atoms with van der Waals surface area (Å²) < 4.78 is 2.03. The molecule has 0 aliphatic heterocycles. The molecule has 0 nitrogen and oxygen atoms in total. The maximum absolute atomic E-state index is 5.94. The van der Waals surface area contributed by atoms with E-state index in [0.29, 0.717) is 0 Å². The second-order valence-electron chi connectivity index (χ2n) is 2.70. The quantitative estimate of drug-likeness (QED) is 0.570. The van der Waals surface area contributed by atoms with E-state index in [0.717, 1.165) is 14.6 Å². The molecule has 0 saturated heterocycles. The number of hydrogen-bond acceptors (Lipinski definition) is 2. The van der Waals surface area contributed by atoms with E-state index in [1.807, 2.05) is 12.1 Å². The van der Waals surface area contributed by atoms with Crippen molar-refractivity contribution < 1.29 is 0 Å². The van der Waals surface area contributed by atoms with E-state index in [4.69, 9.17) is 11.6 Å². The van der Waals surface area contributed by atoms with E-state index in [-0.39, 0.29) is 0 Å². The molecule has 0 spiro atoms. The van der Waals surface area contributed by atoms with Crippen LogP contribution in [0.4, 0.5) is 0 Å². The first-order chi connectivity index (χ1) is 6.20. The zero-order chi connectivity index (χ0) is 9.42. The fourth-order valence-corrected chi connectivity index (χ4v) is 3.34. The molecule has 0 saturated carbocycles. The molecule has 2 aromatic rings. The zero-order valence-corrected chi connectivity index (χ0v) is 10.6. The SMILES string of the molecule is Sc1cc(CBr)c2cc(Cl)sc2c1. The molecule has 1 aromatic carbocycles. The average Bonchev–Trinajstić information content (AvgIpc) is 2.43. The first-order valence-electron chi connectivity index (χ1n) is 3.67. The molecule has 0 aliphatic rings. The summed E-state index contributed by atoms with van der Waals surface area (Å²) in [6.45, 7) is 0. The molecule has 0 aliphatic carbocycles. The second kappa shape index (κ2) is 3.81. The van der Waals surface area contributed by atoms with Gasteiger partial charge in [-0.05, 0) is 29.1 Å². The highest BCUT2D eigenvalue weighted by molar-refractivity contribution is 9.08. The van der Waals surface area contributed by atoms with Gasteiger partial charge in [0.05, 0.1) is 4.34 Å². The van der Waals surface area contributed by atoms with Crippen LogP contribution in [0.3, 0.4) is 0 Å². The predicted octanol–water partition coefficient (Wildman–Crippen LogP) is 4.74. The Labute approximate surface area is 99.4 Å². The summed E-state index contributed by atoms with van der Waals surface area (Å²) in [6.07, 6.45) is 0. The Balaban J connectivity index is 2.80. The van der Waals surface area contributed by atoms with Gasteiger partial charge in [0.1, 0.15) is 0 Å². The van der Waals surface area contributed by atoms with Gasteiger partial charge in [-0.3, -0.25) is 0 Å². The molecule has 0 radical (unpaired) electrons. The number of alkyl halides is 1. The van der Waals surface area contributed by atoms with Crippen molar-refractivity contribution >= 4 is 61.6 Å². The Morgan fingerprint density at radius 1 is 1.38 bits per heavy atom. The molecule has 0 amide bonds. The maximum Gasteiger partial charge on any atom is 0.0940 e. The number of thiol groups is 1. The fraction of sp³-hybridized carbons (Fsp3) is 0.111. The third-order valence-electron chi connectivity index (χ3n) is 1.82. The van der Waals surface area contributed by atoms with Crippen LogP contribution in [0.15, 0.2) is 23.1 Å². The largest absolute Gasteiger partial charge is 0.143 e. The number of thiophene rings is 1. The van der Waals surface area contributed by atoms with Gasteiger partial charge in [-0.2, -0.15) is 0 Å². The van der Waals surface area contributed by atoms with Gasteiger partial charge in [0.2, 0.25) is 0 Å². The standard InChI is InChI=1S/C9H6BrClS2/c10-4-5-1-6(12)2-8-7(5)3-9(11)13-8/h1-3,12H,4H2. The van der Waals surface area contributed by atoms with Crippen molar-refractivity contribution in [2.45, 2.75) is 10.2 Å². The summed E-state index contributed by atoms with van der Waals surface area (Å²) in [7, 11) is 0. The second-order valence-corrected chi connectivity index (χ2v) is 5.49. The van der Waals surface area contributed by atoms with Crippen LogP contribution in [0.5, 0.6) is 0 Å². The summed E-state index contributed by atoms with van der Waals surface area (Å²) in [5, 5.41) is 2.06. The average molecular weight is 294 g/mol. The Morgan fingerprint density at radius 2 is 2.15 bits per heavy atom. The molecule has 0 unspecified atom stereocenters.